The molecule has 0 aliphatic rings. The number of hydrogen-bond donors (Lipinski definition) is 4. The molecule has 1 heterocycles. The van der Waals surface area contributed by atoms with Crippen molar-refractivity contribution in [3.8, 4) is 0 Å². The molecule has 1 aromatic heterocycles. The van der Waals surface area contributed by atoms with Crippen molar-refractivity contribution in [1.82, 2.24) is 10.6 Å². The van der Waals surface area contributed by atoms with Crippen LogP contribution in [0.2, 0.25) is 0 Å². The molecule has 0 radical (unpaired) electrons. The molecular formula is C19H24BrN3O2S. The fourth-order valence-corrected chi connectivity index (χ4v) is 3.78. The highest BCUT2D eigenvalue weighted by Crippen LogP contribution is 2.22. The normalized spacial score (nSPS) is 10.8. The average molecular weight is 438 g/mol. The van der Waals surface area contributed by atoms with Gasteiger partial charge in [0.25, 0.3) is 5.91 Å². The van der Waals surface area contributed by atoms with Gasteiger partial charge in [-0.15, -0.1) is 11.3 Å². The molecule has 0 spiro atoms. The molecule has 5 nitrogen and oxygen atoms in total. The highest BCUT2D eigenvalue weighted by molar-refractivity contribution is 9.10. The van der Waals surface area contributed by atoms with E-state index in [2.05, 4.69) is 26.6 Å². The van der Waals surface area contributed by atoms with Crippen LogP contribution >= 0.6 is 27.3 Å². The minimum atomic E-state index is -0.265. The van der Waals surface area contributed by atoms with Gasteiger partial charge in [0.2, 0.25) is 0 Å². The quantitative estimate of drug-likeness (QED) is 0.393. The van der Waals surface area contributed by atoms with Crippen LogP contribution in [-0.4, -0.2) is 23.5 Å². The first-order chi connectivity index (χ1) is 12.4. The molecular weight excluding hydrogens is 414 g/mol. The zero-order valence-corrected chi connectivity index (χ0v) is 17.3. The van der Waals surface area contributed by atoms with Crippen LogP contribution in [0.15, 0.2) is 34.1 Å². The minimum absolute atomic E-state index is 0.000912. The van der Waals surface area contributed by atoms with Crippen LogP contribution in [0.3, 0.4) is 0 Å². The maximum atomic E-state index is 12.4. The number of aliphatic hydroxyl groups excluding tert-OH is 1. The van der Waals surface area contributed by atoms with Crippen molar-refractivity contribution >= 4 is 39.1 Å². The van der Waals surface area contributed by atoms with E-state index >= 15 is 0 Å². The smallest absolute Gasteiger partial charge is 0.259 e. The average Bonchev–Trinajstić information content (AvgIpc) is 3.07. The SMILES string of the molecule is CC(C)CNC(=N)NC(=O)c1ccsc1CCc1cc(Br)ccc1CO. The zero-order chi connectivity index (χ0) is 19.1. The van der Waals surface area contributed by atoms with Crippen LogP contribution < -0.4 is 10.6 Å². The molecule has 0 aliphatic heterocycles. The Hall–Kier alpha value is -1.70. The standard InChI is InChI=1S/C19H24BrN3O2S/c1-12(2)10-22-19(21)23-18(25)16-7-8-26-17(16)6-4-13-9-15(20)5-3-14(13)11-24/h3,5,7-9,12,24H,4,6,10-11H2,1-2H3,(H3,21,22,23,25). The third-order valence-electron chi connectivity index (χ3n) is 3.88. The van der Waals surface area contributed by atoms with Gasteiger partial charge >= 0.3 is 0 Å². The van der Waals surface area contributed by atoms with E-state index in [1.807, 2.05) is 37.4 Å². The predicted octanol–water partition coefficient (Wildman–Crippen LogP) is 3.70. The van der Waals surface area contributed by atoms with Crippen molar-refractivity contribution in [3.05, 3.63) is 55.7 Å². The fourth-order valence-electron chi connectivity index (χ4n) is 2.50. The number of carbonyl (C=O) groups excluding carboxylic acids is 1. The molecule has 1 aromatic carbocycles. The summed E-state index contributed by atoms with van der Waals surface area (Å²) in [5.41, 5.74) is 2.56. The highest BCUT2D eigenvalue weighted by atomic mass is 79.9. The lowest BCUT2D eigenvalue weighted by Crippen LogP contribution is -2.41. The molecule has 2 rings (SSSR count). The van der Waals surface area contributed by atoms with Crippen molar-refractivity contribution in [2.24, 2.45) is 5.92 Å². The fraction of sp³-hybridized carbons (Fsp3) is 0.368. The lowest BCUT2D eigenvalue weighted by atomic mass is 10.0. The van der Waals surface area contributed by atoms with Gasteiger partial charge in [0.15, 0.2) is 5.96 Å². The molecule has 4 N–H and O–H groups in total. The van der Waals surface area contributed by atoms with Crippen molar-refractivity contribution in [1.29, 1.82) is 5.41 Å². The lowest BCUT2D eigenvalue weighted by molar-refractivity contribution is 0.0975. The molecule has 0 aliphatic carbocycles. The van der Waals surface area contributed by atoms with Gasteiger partial charge in [0, 0.05) is 15.9 Å². The lowest BCUT2D eigenvalue weighted by Gasteiger charge is -2.12. The van der Waals surface area contributed by atoms with Gasteiger partial charge in [-0.1, -0.05) is 35.8 Å². The van der Waals surface area contributed by atoms with E-state index in [0.717, 1.165) is 26.9 Å². The van der Waals surface area contributed by atoms with Crippen molar-refractivity contribution in [2.75, 3.05) is 6.54 Å². The van der Waals surface area contributed by atoms with Gasteiger partial charge in [-0.2, -0.15) is 0 Å². The van der Waals surface area contributed by atoms with Gasteiger partial charge in [-0.25, -0.2) is 0 Å². The topological polar surface area (TPSA) is 85.2 Å². The summed E-state index contributed by atoms with van der Waals surface area (Å²) >= 11 is 4.99. The van der Waals surface area contributed by atoms with Gasteiger partial charge < -0.3 is 10.4 Å². The molecule has 140 valence electrons. The van der Waals surface area contributed by atoms with Crippen LogP contribution in [0.25, 0.3) is 0 Å². The Morgan fingerprint density at radius 3 is 2.73 bits per heavy atom. The first kappa shape index (κ1) is 20.6. The predicted molar refractivity (Wildman–Crippen MR) is 110 cm³/mol. The van der Waals surface area contributed by atoms with Crippen molar-refractivity contribution < 1.29 is 9.90 Å². The van der Waals surface area contributed by atoms with Crippen LogP contribution in [-0.2, 0) is 19.4 Å². The summed E-state index contributed by atoms with van der Waals surface area (Å²) in [5, 5.41) is 24.7. The number of guanidine groups is 1. The van der Waals surface area contributed by atoms with E-state index in [1.165, 1.54) is 11.3 Å². The summed E-state index contributed by atoms with van der Waals surface area (Å²) in [5.74, 6) is 0.157. The second-order valence-electron chi connectivity index (χ2n) is 6.43. The summed E-state index contributed by atoms with van der Waals surface area (Å²) in [6, 6.07) is 7.61. The Bertz CT molecular complexity index is 774. The number of halogens is 1. The molecule has 0 bridgehead atoms. The van der Waals surface area contributed by atoms with Crippen LogP contribution in [0.4, 0.5) is 0 Å². The second kappa shape index (κ2) is 9.85. The molecule has 1 amide bonds. The van der Waals surface area contributed by atoms with Crippen molar-refractivity contribution in [2.45, 2.75) is 33.3 Å². The number of aliphatic hydroxyl groups is 1. The third kappa shape index (κ3) is 5.93. The van der Waals surface area contributed by atoms with Crippen LogP contribution in [0.1, 0.15) is 40.2 Å². The number of thiophene rings is 1. The molecule has 0 saturated heterocycles. The van der Waals surface area contributed by atoms with Gasteiger partial charge in [0.1, 0.15) is 0 Å². The summed E-state index contributed by atoms with van der Waals surface area (Å²) in [6.07, 6.45) is 1.44. The number of carbonyl (C=O) groups is 1. The molecule has 0 unspecified atom stereocenters. The Labute approximate surface area is 166 Å². The summed E-state index contributed by atoms with van der Waals surface area (Å²) in [7, 11) is 0. The second-order valence-corrected chi connectivity index (χ2v) is 8.35. The van der Waals surface area contributed by atoms with Gasteiger partial charge in [0.05, 0.1) is 12.2 Å². The van der Waals surface area contributed by atoms with E-state index in [1.54, 1.807) is 6.07 Å². The van der Waals surface area contributed by atoms with E-state index in [0.29, 0.717) is 24.4 Å². The van der Waals surface area contributed by atoms with E-state index in [9.17, 15) is 9.90 Å². The third-order valence-corrected chi connectivity index (χ3v) is 5.35. The summed E-state index contributed by atoms with van der Waals surface area (Å²) in [4.78, 5) is 13.4. The van der Waals surface area contributed by atoms with Crippen molar-refractivity contribution in [3.63, 3.8) is 0 Å². The molecule has 7 heteroatoms. The maximum absolute atomic E-state index is 12.4. The number of rotatable bonds is 7. The number of amides is 1. The summed E-state index contributed by atoms with van der Waals surface area (Å²) in [6.45, 7) is 4.73. The monoisotopic (exact) mass is 437 g/mol. The Morgan fingerprint density at radius 1 is 1.27 bits per heavy atom. The first-order valence-corrected chi connectivity index (χ1v) is 10.2. The summed E-state index contributed by atoms with van der Waals surface area (Å²) < 4.78 is 0.971. The number of hydrogen-bond acceptors (Lipinski definition) is 4. The zero-order valence-electron chi connectivity index (χ0n) is 14.9. The number of benzene rings is 1. The minimum Gasteiger partial charge on any atom is -0.392 e. The largest absolute Gasteiger partial charge is 0.392 e. The van der Waals surface area contributed by atoms with E-state index in [-0.39, 0.29) is 18.5 Å². The molecule has 2 aromatic rings. The molecule has 0 atom stereocenters. The highest BCUT2D eigenvalue weighted by Gasteiger charge is 2.15. The first-order valence-electron chi connectivity index (χ1n) is 8.49. The van der Waals surface area contributed by atoms with E-state index in [4.69, 9.17) is 5.41 Å². The van der Waals surface area contributed by atoms with Gasteiger partial charge in [-0.3, -0.25) is 15.5 Å². The Kier molecular flexibility index (Phi) is 7.81. The van der Waals surface area contributed by atoms with Crippen LogP contribution in [0.5, 0.6) is 0 Å². The van der Waals surface area contributed by atoms with Crippen LogP contribution in [0, 0.1) is 11.3 Å². The Morgan fingerprint density at radius 2 is 2.04 bits per heavy atom. The maximum Gasteiger partial charge on any atom is 0.259 e. The molecule has 26 heavy (non-hydrogen) atoms. The Balaban J connectivity index is 2.01. The van der Waals surface area contributed by atoms with E-state index < -0.39 is 0 Å². The molecule has 0 fully saturated rings. The molecule has 0 saturated carbocycles. The number of aryl methyl sites for hydroxylation is 2. The van der Waals surface area contributed by atoms with Gasteiger partial charge in [-0.05, 0) is 53.5 Å². The number of nitrogens with one attached hydrogen (secondary N) is 3.